The van der Waals surface area contributed by atoms with Gasteiger partial charge in [0, 0.05) is 18.4 Å². The molecular formula is C23H24N2. The monoisotopic (exact) mass is 328 g/mol. The number of benzene rings is 2. The molecule has 0 saturated carbocycles. The van der Waals surface area contributed by atoms with Crippen molar-refractivity contribution in [2.24, 2.45) is 0 Å². The van der Waals surface area contributed by atoms with Gasteiger partial charge < -0.3 is 0 Å². The highest BCUT2D eigenvalue weighted by Gasteiger charge is 2.19. The smallest absolute Gasteiger partial charge is 0.0319 e. The van der Waals surface area contributed by atoms with E-state index in [1.54, 1.807) is 0 Å². The van der Waals surface area contributed by atoms with Crippen LogP contribution in [0.5, 0.6) is 0 Å². The molecule has 0 aliphatic carbocycles. The summed E-state index contributed by atoms with van der Waals surface area (Å²) in [5.74, 6) is 0. The molecule has 1 aromatic heterocycles. The van der Waals surface area contributed by atoms with E-state index in [4.69, 9.17) is 0 Å². The Kier molecular flexibility index (Phi) is 4.62. The first kappa shape index (κ1) is 16.0. The first-order valence-corrected chi connectivity index (χ1v) is 9.16. The van der Waals surface area contributed by atoms with Gasteiger partial charge in [0.25, 0.3) is 0 Å². The molecule has 3 aromatic rings. The van der Waals surface area contributed by atoms with Gasteiger partial charge in [-0.05, 0) is 72.8 Å². The molecule has 0 amide bonds. The molecule has 1 atom stereocenters. The van der Waals surface area contributed by atoms with Crippen molar-refractivity contribution in [3.63, 3.8) is 0 Å². The SMILES string of the molecule is C[C@H](c1ccc(-c2ccc(-c3ccncc3)cc2)cc1)N1CCCC1. The Bertz CT molecular complexity index is 801. The van der Waals surface area contributed by atoms with Crippen molar-refractivity contribution >= 4 is 0 Å². The molecule has 1 aliphatic rings. The predicted molar refractivity (Wildman–Crippen MR) is 104 cm³/mol. The minimum Gasteiger partial charge on any atom is -0.297 e. The molecule has 2 nitrogen and oxygen atoms in total. The van der Waals surface area contributed by atoms with Crippen LogP contribution < -0.4 is 0 Å². The number of rotatable bonds is 4. The van der Waals surface area contributed by atoms with Gasteiger partial charge in [0.15, 0.2) is 0 Å². The lowest BCUT2D eigenvalue weighted by molar-refractivity contribution is 0.263. The summed E-state index contributed by atoms with van der Waals surface area (Å²) >= 11 is 0. The summed E-state index contributed by atoms with van der Waals surface area (Å²) in [6.07, 6.45) is 6.35. The van der Waals surface area contributed by atoms with E-state index < -0.39 is 0 Å². The van der Waals surface area contributed by atoms with Crippen LogP contribution in [0.25, 0.3) is 22.3 Å². The number of likely N-dealkylation sites (tertiary alicyclic amines) is 1. The number of pyridine rings is 1. The highest BCUT2D eigenvalue weighted by atomic mass is 15.2. The third-order valence-corrected chi connectivity index (χ3v) is 5.31. The minimum absolute atomic E-state index is 0.519. The molecule has 1 aliphatic heterocycles. The third kappa shape index (κ3) is 3.49. The van der Waals surface area contributed by atoms with Crippen molar-refractivity contribution in [2.75, 3.05) is 13.1 Å². The lowest BCUT2D eigenvalue weighted by atomic mass is 9.98. The second kappa shape index (κ2) is 7.20. The molecule has 1 saturated heterocycles. The average molecular weight is 328 g/mol. The topological polar surface area (TPSA) is 16.1 Å². The molecule has 0 N–H and O–H groups in total. The van der Waals surface area contributed by atoms with Crippen LogP contribution in [0, 0.1) is 0 Å². The van der Waals surface area contributed by atoms with Gasteiger partial charge in [0.2, 0.25) is 0 Å². The molecule has 2 aromatic carbocycles. The summed E-state index contributed by atoms with van der Waals surface area (Å²) in [4.78, 5) is 6.67. The lowest BCUT2D eigenvalue weighted by Crippen LogP contribution is -2.23. The molecule has 0 spiro atoms. The number of aromatic nitrogens is 1. The van der Waals surface area contributed by atoms with Crippen LogP contribution in [-0.2, 0) is 0 Å². The molecule has 4 rings (SSSR count). The van der Waals surface area contributed by atoms with E-state index in [0.717, 1.165) is 0 Å². The van der Waals surface area contributed by atoms with Gasteiger partial charge in [-0.2, -0.15) is 0 Å². The molecule has 0 bridgehead atoms. The third-order valence-electron chi connectivity index (χ3n) is 5.31. The van der Waals surface area contributed by atoms with E-state index in [1.165, 1.54) is 53.7 Å². The highest BCUT2D eigenvalue weighted by molar-refractivity contribution is 5.70. The van der Waals surface area contributed by atoms with Crippen LogP contribution >= 0.6 is 0 Å². The van der Waals surface area contributed by atoms with Crippen LogP contribution in [0.2, 0.25) is 0 Å². The van der Waals surface area contributed by atoms with E-state index in [-0.39, 0.29) is 0 Å². The number of hydrogen-bond acceptors (Lipinski definition) is 2. The Morgan fingerprint density at radius 3 is 1.64 bits per heavy atom. The molecule has 25 heavy (non-hydrogen) atoms. The van der Waals surface area contributed by atoms with Crippen molar-refractivity contribution in [2.45, 2.75) is 25.8 Å². The van der Waals surface area contributed by atoms with Gasteiger partial charge >= 0.3 is 0 Å². The first-order valence-electron chi connectivity index (χ1n) is 9.16. The van der Waals surface area contributed by atoms with Gasteiger partial charge in [0.05, 0.1) is 0 Å². The molecule has 2 heterocycles. The van der Waals surface area contributed by atoms with E-state index in [2.05, 4.69) is 65.3 Å². The Morgan fingerprint density at radius 1 is 0.680 bits per heavy atom. The van der Waals surface area contributed by atoms with Crippen molar-refractivity contribution < 1.29 is 0 Å². The Labute approximate surface area is 150 Å². The van der Waals surface area contributed by atoms with E-state index in [1.807, 2.05) is 24.5 Å². The quantitative estimate of drug-likeness (QED) is 0.622. The van der Waals surface area contributed by atoms with Crippen molar-refractivity contribution in [3.8, 4) is 22.3 Å². The Morgan fingerprint density at radius 2 is 1.12 bits per heavy atom. The number of nitrogens with zero attached hydrogens (tertiary/aromatic N) is 2. The van der Waals surface area contributed by atoms with Crippen LogP contribution in [0.1, 0.15) is 31.4 Å². The predicted octanol–water partition coefficient (Wildman–Crippen LogP) is 5.57. The summed E-state index contributed by atoms with van der Waals surface area (Å²) in [6.45, 7) is 4.79. The van der Waals surface area contributed by atoms with Crippen LogP contribution in [0.4, 0.5) is 0 Å². The average Bonchev–Trinajstić information content (AvgIpc) is 3.23. The summed E-state index contributed by atoms with van der Waals surface area (Å²) in [5, 5.41) is 0. The maximum Gasteiger partial charge on any atom is 0.0319 e. The summed E-state index contributed by atoms with van der Waals surface area (Å²) in [5.41, 5.74) is 6.39. The van der Waals surface area contributed by atoms with Gasteiger partial charge in [-0.3, -0.25) is 9.88 Å². The van der Waals surface area contributed by atoms with Gasteiger partial charge in [0.1, 0.15) is 0 Å². The maximum atomic E-state index is 4.08. The zero-order chi connectivity index (χ0) is 17.1. The lowest BCUT2D eigenvalue weighted by Gasteiger charge is -2.24. The largest absolute Gasteiger partial charge is 0.297 e. The highest BCUT2D eigenvalue weighted by Crippen LogP contribution is 2.28. The zero-order valence-electron chi connectivity index (χ0n) is 14.7. The fourth-order valence-electron chi connectivity index (χ4n) is 3.69. The molecule has 0 radical (unpaired) electrons. The first-order chi connectivity index (χ1) is 12.3. The maximum absolute atomic E-state index is 4.08. The minimum atomic E-state index is 0.519. The van der Waals surface area contributed by atoms with E-state index in [0.29, 0.717) is 6.04 Å². The summed E-state index contributed by atoms with van der Waals surface area (Å²) in [6, 6.07) is 22.5. The fraction of sp³-hybridized carbons (Fsp3) is 0.261. The molecule has 126 valence electrons. The second-order valence-electron chi connectivity index (χ2n) is 6.85. The van der Waals surface area contributed by atoms with Crippen LogP contribution in [0.15, 0.2) is 73.1 Å². The van der Waals surface area contributed by atoms with E-state index >= 15 is 0 Å². The number of hydrogen-bond donors (Lipinski definition) is 0. The zero-order valence-corrected chi connectivity index (χ0v) is 14.7. The second-order valence-corrected chi connectivity index (χ2v) is 6.85. The molecule has 1 fully saturated rings. The van der Waals surface area contributed by atoms with Crippen LogP contribution in [0.3, 0.4) is 0 Å². The van der Waals surface area contributed by atoms with Gasteiger partial charge in [-0.15, -0.1) is 0 Å². The standard InChI is InChI=1S/C23H24N2/c1-18(25-16-2-3-17-25)19-4-6-20(7-5-19)21-8-10-22(11-9-21)23-12-14-24-15-13-23/h4-15,18H,2-3,16-17H2,1H3/t18-/m1/s1. The molecular weight excluding hydrogens is 304 g/mol. The van der Waals surface area contributed by atoms with Crippen molar-refractivity contribution in [1.29, 1.82) is 0 Å². The fourth-order valence-corrected chi connectivity index (χ4v) is 3.69. The Hall–Kier alpha value is -2.45. The van der Waals surface area contributed by atoms with Gasteiger partial charge in [-0.25, -0.2) is 0 Å². The molecule has 0 unspecified atom stereocenters. The van der Waals surface area contributed by atoms with E-state index in [9.17, 15) is 0 Å². The van der Waals surface area contributed by atoms with Crippen LogP contribution in [-0.4, -0.2) is 23.0 Å². The normalized spacial score (nSPS) is 16.0. The Balaban J connectivity index is 1.52. The van der Waals surface area contributed by atoms with Gasteiger partial charge in [-0.1, -0.05) is 48.5 Å². The summed E-state index contributed by atoms with van der Waals surface area (Å²) < 4.78 is 0. The summed E-state index contributed by atoms with van der Waals surface area (Å²) in [7, 11) is 0. The molecule has 2 heteroatoms. The van der Waals surface area contributed by atoms with Crippen molar-refractivity contribution in [3.05, 3.63) is 78.6 Å². The van der Waals surface area contributed by atoms with Crippen molar-refractivity contribution in [1.82, 2.24) is 9.88 Å².